The number of alkyl carbamates (subject to hydrolysis) is 1. The Morgan fingerprint density at radius 2 is 1.38 bits per heavy atom. The van der Waals surface area contributed by atoms with Crippen molar-refractivity contribution in [3.05, 3.63) is 76.2 Å². The molecule has 0 radical (unpaired) electrons. The third-order valence-corrected chi connectivity index (χ3v) is 10.1. The Kier molecular flexibility index (Phi) is 17.9. The lowest BCUT2D eigenvalue weighted by atomic mass is 9.92. The number of ether oxygens (including phenoxy) is 1. The Balaban J connectivity index is 0.000000700. The summed E-state index contributed by atoms with van der Waals surface area (Å²) in [5.41, 5.74) is -8.32. The monoisotopic (exact) mass is 759 g/mol. The third-order valence-electron chi connectivity index (χ3n) is 7.34. The lowest BCUT2D eigenvalue weighted by Crippen LogP contribution is -2.41. The van der Waals surface area contributed by atoms with Crippen molar-refractivity contribution in [2.24, 2.45) is 0 Å². The van der Waals surface area contributed by atoms with E-state index in [2.05, 4.69) is 53.8 Å². The molecule has 2 aromatic rings. The van der Waals surface area contributed by atoms with E-state index in [0.717, 1.165) is 46.6 Å². The number of unbranched alkanes of at least 4 members (excludes halogenated alkanes) is 7. The van der Waals surface area contributed by atoms with Gasteiger partial charge in [0.05, 0.1) is 12.1 Å². The van der Waals surface area contributed by atoms with Gasteiger partial charge >= 0.3 is 17.1 Å². The summed E-state index contributed by atoms with van der Waals surface area (Å²) < 4.78 is 117. The van der Waals surface area contributed by atoms with Crippen LogP contribution in [0, 0.1) is 0 Å². The molecule has 284 valence electrons. The summed E-state index contributed by atoms with van der Waals surface area (Å²) >= 11 is 0. The second kappa shape index (κ2) is 20.0. The first-order valence-corrected chi connectivity index (χ1v) is 19.0. The fraction of sp³-hybridized carbons (Fsp3) is 0.576. The predicted molar refractivity (Wildman–Crippen MR) is 180 cm³/mol. The zero-order chi connectivity index (χ0) is 38.2. The fourth-order valence-corrected chi connectivity index (χ4v) is 6.28. The van der Waals surface area contributed by atoms with E-state index in [4.69, 9.17) is 4.74 Å². The first-order chi connectivity index (χ1) is 23.0. The van der Waals surface area contributed by atoms with Crippen LogP contribution in [0.3, 0.4) is 0 Å². The van der Waals surface area contributed by atoms with Gasteiger partial charge in [0.1, 0.15) is 6.54 Å². The van der Waals surface area contributed by atoms with E-state index in [0.29, 0.717) is 6.61 Å². The maximum absolute atomic E-state index is 12.3. The number of aryl methyl sites for hydroxylation is 2. The van der Waals surface area contributed by atoms with E-state index in [-0.39, 0.29) is 6.09 Å². The average Bonchev–Trinajstić information content (AvgIpc) is 2.99. The van der Waals surface area contributed by atoms with Crippen molar-refractivity contribution in [2.45, 2.75) is 115 Å². The average molecular weight is 760 g/mol. The van der Waals surface area contributed by atoms with Gasteiger partial charge in [-0.25, -0.2) is 26.2 Å². The van der Waals surface area contributed by atoms with Gasteiger partial charge < -0.3 is 14.2 Å². The SMILES string of the molecule is C=C(C)c1cccc(C(C)(C)NC(=O)OCCCCCCCCCC[n+]2ccccc2CCC)c1.O=S(=O)([N-]S(=O)(=O)C(F)(F)F)C(F)(F)F. The Hall–Kier alpha value is -3.18. The molecule has 1 aromatic carbocycles. The van der Waals surface area contributed by atoms with Crippen LogP contribution in [-0.4, -0.2) is 40.6 Å². The molecule has 1 aromatic heterocycles. The number of carbonyl (C=O) groups excluding carboxylic acids is 1. The lowest BCUT2D eigenvalue weighted by Gasteiger charge is -2.27. The molecular weight excluding hydrogens is 713 g/mol. The number of hydrogen-bond donors (Lipinski definition) is 1. The molecule has 2 rings (SSSR count). The van der Waals surface area contributed by atoms with Crippen LogP contribution in [0.4, 0.5) is 31.1 Å². The van der Waals surface area contributed by atoms with Crippen molar-refractivity contribution in [2.75, 3.05) is 6.61 Å². The first kappa shape index (κ1) is 44.8. The zero-order valence-electron chi connectivity index (χ0n) is 28.7. The Bertz CT molecular complexity index is 1550. The molecule has 0 bridgehead atoms. The van der Waals surface area contributed by atoms with Crippen molar-refractivity contribution < 1.29 is 57.3 Å². The van der Waals surface area contributed by atoms with Crippen molar-refractivity contribution in [1.82, 2.24) is 5.32 Å². The molecule has 0 atom stereocenters. The van der Waals surface area contributed by atoms with Gasteiger partial charge in [-0.3, -0.25) is 0 Å². The maximum atomic E-state index is 12.3. The van der Waals surface area contributed by atoms with E-state index < -0.39 is 36.6 Å². The van der Waals surface area contributed by atoms with Crippen LogP contribution in [0.1, 0.15) is 102 Å². The molecule has 50 heavy (non-hydrogen) atoms. The number of pyridine rings is 1. The highest BCUT2D eigenvalue weighted by Crippen LogP contribution is 2.36. The van der Waals surface area contributed by atoms with E-state index in [1.165, 1.54) is 50.6 Å². The van der Waals surface area contributed by atoms with Gasteiger partial charge in [0.15, 0.2) is 31.9 Å². The van der Waals surface area contributed by atoms with Crippen LogP contribution in [0.5, 0.6) is 0 Å². The highest BCUT2D eigenvalue weighted by molar-refractivity contribution is 8.13. The Morgan fingerprint density at radius 3 is 1.90 bits per heavy atom. The number of sulfonamides is 2. The number of rotatable bonds is 18. The molecule has 0 aliphatic heterocycles. The number of hydrogen-bond acceptors (Lipinski definition) is 6. The number of benzene rings is 1. The molecule has 9 nitrogen and oxygen atoms in total. The molecule has 1 N–H and O–H groups in total. The van der Waals surface area contributed by atoms with Crippen molar-refractivity contribution in [3.63, 3.8) is 0 Å². The molecule has 0 saturated carbocycles. The summed E-state index contributed by atoms with van der Waals surface area (Å²) in [5.74, 6) is 0. The van der Waals surface area contributed by atoms with Crippen LogP contribution >= 0.6 is 0 Å². The standard InChI is InChI=1S/C31H46N2O2.C2F6NO4S2/c1-6-18-29-21-13-15-23-33(29)22-14-11-9-7-8-10-12-16-24-35-30(34)32-31(4,5)28-20-17-19-27(25-28)26(2)3;3-1(4,5)14(10,11)9-15(12,13)2(6,7)8/h13,15,17,19-21,23,25H,2,6-12,14,16,18,22,24H2,1,3-5H3;/q;-1/p+1. The van der Waals surface area contributed by atoms with Crippen LogP contribution < -0.4 is 9.88 Å². The van der Waals surface area contributed by atoms with Crippen molar-refractivity contribution in [1.29, 1.82) is 0 Å². The van der Waals surface area contributed by atoms with E-state index in [1.807, 2.05) is 39.0 Å². The highest BCUT2D eigenvalue weighted by atomic mass is 32.3. The Labute approximate surface area is 291 Å². The van der Waals surface area contributed by atoms with Crippen molar-refractivity contribution in [3.8, 4) is 0 Å². The molecule has 17 heteroatoms. The van der Waals surface area contributed by atoms with Crippen LogP contribution in [0.15, 0.2) is 55.2 Å². The summed E-state index contributed by atoms with van der Waals surface area (Å²) in [6.07, 6.45) is 13.9. The van der Waals surface area contributed by atoms with Crippen LogP contribution in [-0.2, 0) is 43.3 Å². The molecule has 1 amide bonds. The molecule has 1 heterocycles. The molecule has 0 fully saturated rings. The predicted octanol–water partition coefficient (Wildman–Crippen LogP) is 8.80. The topological polar surface area (TPSA) is 125 Å². The molecule has 0 unspecified atom stereocenters. The van der Waals surface area contributed by atoms with Gasteiger partial charge in [-0.2, -0.15) is 26.3 Å². The summed E-state index contributed by atoms with van der Waals surface area (Å²) in [6.45, 7) is 13.8. The first-order valence-electron chi connectivity index (χ1n) is 16.1. The minimum atomic E-state index is -6.72. The third kappa shape index (κ3) is 15.8. The number of carbonyl (C=O) groups is 1. The minimum absolute atomic E-state index is 0.353. The lowest BCUT2D eigenvalue weighted by molar-refractivity contribution is -0.704. The molecular formula is C33H47F6N3O6S2. The second-order valence-electron chi connectivity index (χ2n) is 12.1. The fourth-order valence-electron chi connectivity index (χ4n) is 4.57. The minimum Gasteiger partial charge on any atom is -0.450 e. The number of amides is 1. The number of halogens is 6. The summed E-state index contributed by atoms with van der Waals surface area (Å²) in [6, 6.07) is 14.7. The highest BCUT2D eigenvalue weighted by Gasteiger charge is 2.47. The largest absolute Gasteiger partial charge is 0.480 e. The normalized spacial score (nSPS) is 12.5. The number of allylic oxidation sites excluding steroid dienone is 1. The van der Waals surface area contributed by atoms with E-state index in [1.54, 1.807) is 0 Å². The number of aromatic nitrogens is 1. The smallest absolute Gasteiger partial charge is 0.450 e. The van der Waals surface area contributed by atoms with Crippen molar-refractivity contribution >= 4 is 31.7 Å². The maximum Gasteiger partial charge on any atom is 0.480 e. The van der Waals surface area contributed by atoms with Gasteiger partial charge in [0.2, 0.25) is 0 Å². The van der Waals surface area contributed by atoms with E-state index in [9.17, 15) is 48.0 Å². The summed E-state index contributed by atoms with van der Waals surface area (Å²) in [5, 5.41) is 3.00. The molecule has 0 saturated heterocycles. The molecule has 0 spiro atoms. The molecule has 0 aliphatic carbocycles. The Morgan fingerprint density at radius 1 is 0.840 bits per heavy atom. The molecule has 0 aliphatic rings. The zero-order valence-corrected chi connectivity index (χ0v) is 30.4. The summed E-state index contributed by atoms with van der Waals surface area (Å²) in [7, 11) is -13.4. The summed E-state index contributed by atoms with van der Waals surface area (Å²) in [4.78, 5) is 12.3. The van der Waals surface area contributed by atoms with Crippen LogP contribution in [0.25, 0.3) is 9.70 Å². The van der Waals surface area contributed by atoms with Gasteiger partial charge in [0, 0.05) is 25.0 Å². The van der Waals surface area contributed by atoms with Gasteiger partial charge in [-0.1, -0.05) is 75.4 Å². The second-order valence-corrected chi connectivity index (χ2v) is 15.5. The quantitative estimate of drug-likeness (QED) is 0.0921. The van der Waals surface area contributed by atoms with Gasteiger partial charge in [0.25, 0.3) is 0 Å². The van der Waals surface area contributed by atoms with E-state index >= 15 is 0 Å². The number of nitrogens with one attached hydrogen (secondary N) is 1. The van der Waals surface area contributed by atoms with Crippen LogP contribution in [0.2, 0.25) is 0 Å². The number of nitrogens with zero attached hydrogens (tertiary/aromatic N) is 2. The van der Waals surface area contributed by atoms with Gasteiger partial charge in [-0.15, -0.1) is 0 Å². The van der Waals surface area contributed by atoms with Gasteiger partial charge in [-0.05, 0) is 57.2 Å². The number of alkyl halides is 6.